The maximum Gasteiger partial charge on any atom is 0.354 e. The summed E-state index contributed by atoms with van der Waals surface area (Å²) < 4.78 is 6.33. The molecule has 0 aliphatic heterocycles. The Balaban J connectivity index is 0.000000396. The zero-order chi connectivity index (χ0) is 28.8. The number of esters is 1. The summed E-state index contributed by atoms with van der Waals surface area (Å²) >= 11 is 1.45. The number of aromatic carboxylic acids is 1. The number of halogens is 1. The lowest BCUT2D eigenvalue weighted by atomic mass is 9.98. The molecule has 1 aliphatic carbocycles. The average molecular weight is 596 g/mol. The Labute approximate surface area is 244 Å². The van der Waals surface area contributed by atoms with E-state index >= 15 is 0 Å². The van der Waals surface area contributed by atoms with Gasteiger partial charge in [0.05, 0.1) is 11.6 Å². The van der Waals surface area contributed by atoms with Crippen LogP contribution >= 0.6 is 23.7 Å². The second-order valence-corrected chi connectivity index (χ2v) is 9.81. The summed E-state index contributed by atoms with van der Waals surface area (Å²) in [5.74, 6) is -2.16. The maximum absolute atomic E-state index is 13.0. The number of thiophene rings is 1. The molecule has 3 heterocycles. The zero-order valence-corrected chi connectivity index (χ0v) is 23.5. The minimum absolute atomic E-state index is 0. The van der Waals surface area contributed by atoms with Gasteiger partial charge >= 0.3 is 11.9 Å². The lowest BCUT2D eigenvalue weighted by molar-refractivity contribution is 0.0548. The third-order valence-corrected chi connectivity index (χ3v) is 7.24. The van der Waals surface area contributed by atoms with Crippen LogP contribution in [0.1, 0.15) is 70.2 Å². The van der Waals surface area contributed by atoms with E-state index < -0.39 is 17.8 Å². The quantitative estimate of drug-likeness (QED) is 0.211. The molecule has 1 aliphatic rings. The molecule has 41 heavy (non-hydrogen) atoms. The summed E-state index contributed by atoms with van der Waals surface area (Å²) in [5.41, 5.74) is 8.25. The molecule has 3 aromatic heterocycles. The van der Waals surface area contributed by atoms with E-state index in [0.29, 0.717) is 24.9 Å². The molecule has 0 radical (unpaired) electrons. The minimum Gasteiger partial charge on any atom is -0.477 e. The first-order valence-corrected chi connectivity index (χ1v) is 12.9. The highest BCUT2D eigenvalue weighted by molar-refractivity contribution is 7.12. The molecule has 14 heteroatoms. The van der Waals surface area contributed by atoms with Crippen LogP contribution in [0.25, 0.3) is 5.78 Å². The van der Waals surface area contributed by atoms with Crippen molar-refractivity contribution < 1.29 is 24.2 Å². The number of nitrogens with two attached hydrogens (primary N) is 1. The molecule has 0 saturated carbocycles. The molecule has 4 N–H and O–H groups in total. The van der Waals surface area contributed by atoms with Crippen molar-refractivity contribution in [3.63, 3.8) is 0 Å². The fourth-order valence-electron chi connectivity index (χ4n) is 4.33. The van der Waals surface area contributed by atoms with Crippen LogP contribution in [0.5, 0.6) is 0 Å². The van der Waals surface area contributed by atoms with Crippen LogP contribution in [0.3, 0.4) is 0 Å². The maximum atomic E-state index is 13.0. The van der Waals surface area contributed by atoms with Crippen molar-refractivity contribution in [2.45, 2.75) is 32.4 Å². The number of hydrogen-bond donors (Lipinski definition) is 3. The first-order valence-electron chi connectivity index (χ1n) is 12.1. The second-order valence-electron chi connectivity index (χ2n) is 8.64. The van der Waals surface area contributed by atoms with Gasteiger partial charge in [0.1, 0.15) is 29.6 Å². The Kier molecular flexibility index (Phi) is 10.3. The van der Waals surface area contributed by atoms with Crippen molar-refractivity contribution >= 4 is 47.4 Å². The van der Waals surface area contributed by atoms with Crippen molar-refractivity contribution in [1.82, 2.24) is 24.9 Å². The molecule has 212 valence electrons. The number of carbonyl (C=O) groups is 3. The molecule has 0 bridgehead atoms. The van der Waals surface area contributed by atoms with Gasteiger partial charge in [0.15, 0.2) is 5.69 Å². The van der Waals surface area contributed by atoms with Crippen LogP contribution in [0.15, 0.2) is 49.3 Å². The Bertz CT molecular complexity index is 1660. The van der Waals surface area contributed by atoms with Crippen molar-refractivity contribution in [2.75, 3.05) is 6.61 Å². The van der Waals surface area contributed by atoms with E-state index in [4.69, 9.17) is 15.7 Å². The van der Waals surface area contributed by atoms with E-state index in [2.05, 4.69) is 27.0 Å². The number of rotatable bonds is 7. The van der Waals surface area contributed by atoms with Crippen LogP contribution in [-0.2, 0) is 17.7 Å². The number of nitriles is 1. The first-order chi connectivity index (χ1) is 19.3. The number of benzene rings is 1. The fourth-order valence-corrected chi connectivity index (χ4v) is 5.01. The number of amides is 1. The minimum atomic E-state index is -1.27. The van der Waals surface area contributed by atoms with E-state index in [9.17, 15) is 19.5 Å². The van der Waals surface area contributed by atoms with Gasteiger partial charge in [-0.3, -0.25) is 4.79 Å². The third kappa shape index (κ3) is 6.75. The summed E-state index contributed by atoms with van der Waals surface area (Å²) in [6.45, 7) is 6.06. The Morgan fingerprint density at radius 3 is 2.76 bits per heavy atom. The molecule has 0 spiro atoms. The number of carboxylic acid groups (broad SMARTS) is 1. The van der Waals surface area contributed by atoms with Crippen molar-refractivity contribution in [3.8, 4) is 6.07 Å². The van der Waals surface area contributed by atoms with Gasteiger partial charge in [-0.25, -0.2) is 14.6 Å². The summed E-state index contributed by atoms with van der Waals surface area (Å²) in [6.07, 6.45) is 4.04. The highest BCUT2D eigenvalue weighted by Crippen LogP contribution is 2.35. The molecule has 1 atom stereocenters. The predicted molar refractivity (Wildman–Crippen MR) is 152 cm³/mol. The average Bonchev–Trinajstić information content (AvgIpc) is 3.71. The van der Waals surface area contributed by atoms with Gasteiger partial charge in [0.2, 0.25) is 0 Å². The number of ether oxygens (including phenoxy) is 1. The molecular weight excluding hydrogens is 570 g/mol. The van der Waals surface area contributed by atoms with Gasteiger partial charge in [0, 0.05) is 17.5 Å². The molecule has 0 saturated heterocycles. The van der Waals surface area contributed by atoms with Gasteiger partial charge < -0.3 is 20.9 Å². The molecule has 0 unspecified atom stereocenters. The summed E-state index contributed by atoms with van der Waals surface area (Å²) in [7, 11) is 0. The standard InChI is InChI=1S/C21H19N5O5.C6H6N2S.ClH/c1-3-8-31-20(30)13-4-5-14-12(11(13)2)6-7-15(14)24-18(27)17-9-16(19(28)29)25-21-22-10-23-26(17)21;7-3-5-1-2-6(4-8)9-5;/h3-5,9-10,15H,1,6-8H2,2H3,(H,24,27)(H,28,29);1-2H,3,7H2;1H/t15-;;/m0../s1. The fraction of sp³-hybridized carbons (Fsp3) is 0.222. The molecule has 4 aromatic rings. The number of hydrogen-bond acceptors (Lipinski definition) is 10. The van der Waals surface area contributed by atoms with Crippen LogP contribution in [0.2, 0.25) is 0 Å². The van der Waals surface area contributed by atoms with Crippen molar-refractivity contribution in [1.29, 1.82) is 5.26 Å². The SMILES string of the molecule is C=CCOC(=O)c1ccc2c(c1C)CC[C@@H]2NC(=O)c1cc(C(=O)O)nc2ncnn12.Cl.N#Cc1ccc(CN)s1. The Morgan fingerprint density at radius 1 is 1.34 bits per heavy atom. The van der Waals surface area contributed by atoms with Crippen LogP contribution in [0, 0.1) is 18.3 Å². The number of aromatic nitrogens is 4. The first kappa shape index (κ1) is 30.9. The number of nitrogens with zero attached hydrogens (tertiary/aromatic N) is 5. The predicted octanol–water partition coefficient (Wildman–Crippen LogP) is 3.39. The number of fused-ring (bicyclic) bond motifs is 2. The zero-order valence-electron chi connectivity index (χ0n) is 21.9. The van der Waals surface area contributed by atoms with Gasteiger partial charge in [-0.2, -0.15) is 19.9 Å². The third-order valence-electron chi connectivity index (χ3n) is 6.23. The molecule has 1 aromatic carbocycles. The topological polar surface area (TPSA) is 186 Å². The summed E-state index contributed by atoms with van der Waals surface area (Å²) in [5, 5.41) is 24.5. The molecule has 12 nitrogen and oxygen atoms in total. The molecule has 1 amide bonds. The molecular formula is C27H26ClN7O5S. The summed E-state index contributed by atoms with van der Waals surface area (Å²) in [6, 6.07) is 10.1. The van der Waals surface area contributed by atoms with Gasteiger partial charge in [-0.15, -0.1) is 23.7 Å². The van der Waals surface area contributed by atoms with Crippen LogP contribution < -0.4 is 11.1 Å². The normalized spacial score (nSPS) is 13.1. The Morgan fingerprint density at radius 2 is 2.12 bits per heavy atom. The molecule has 5 rings (SSSR count). The second kappa shape index (κ2) is 13.6. The van der Waals surface area contributed by atoms with E-state index in [1.807, 2.05) is 25.1 Å². The summed E-state index contributed by atoms with van der Waals surface area (Å²) in [4.78, 5) is 46.1. The van der Waals surface area contributed by atoms with Crippen molar-refractivity contribution in [2.24, 2.45) is 5.73 Å². The van der Waals surface area contributed by atoms with Gasteiger partial charge in [-0.05, 0) is 54.7 Å². The highest BCUT2D eigenvalue weighted by atomic mass is 35.5. The van der Waals surface area contributed by atoms with E-state index in [-0.39, 0.29) is 42.2 Å². The molecule has 0 fully saturated rings. The lowest BCUT2D eigenvalue weighted by Crippen LogP contribution is -2.29. The van der Waals surface area contributed by atoms with Gasteiger partial charge in [0.25, 0.3) is 11.7 Å². The van der Waals surface area contributed by atoms with Gasteiger partial charge in [-0.1, -0.05) is 18.7 Å². The van der Waals surface area contributed by atoms with E-state index in [1.54, 1.807) is 12.1 Å². The largest absolute Gasteiger partial charge is 0.477 e. The van der Waals surface area contributed by atoms with E-state index in [1.165, 1.54) is 34.3 Å². The Hall–Kier alpha value is -4.64. The smallest absolute Gasteiger partial charge is 0.354 e. The van der Waals surface area contributed by atoms with Crippen LogP contribution in [-0.4, -0.2) is 49.1 Å². The highest BCUT2D eigenvalue weighted by Gasteiger charge is 2.29. The monoisotopic (exact) mass is 595 g/mol. The number of carboxylic acids is 1. The number of nitrogens with one attached hydrogen (secondary N) is 1. The lowest BCUT2D eigenvalue weighted by Gasteiger charge is -2.16. The van der Waals surface area contributed by atoms with E-state index in [0.717, 1.165) is 26.4 Å². The van der Waals surface area contributed by atoms with Crippen molar-refractivity contribution in [3.05, 3.63) is 92.7 Å². The van der Waals surface area contributed by atoms with Crippen LogP contribution in [0.4, 0.5) is 0 Å². The number of carbonyl (C=O) groups excluding carboxylic acids is 2.